The van der Waals surface area contributed by atoms with E-state index >= 15 is 0 Å². The summed E-state index contributed by atoms with van der Waals surface area (Å²) in [6.07, 6.45) is 1.87. The molecule has 0 aromatic carbocycles. The fourth-order valence-electron chi connectivity index (χ4n) is 1.84. The Balaban J connectivity index is 2.44. The molecule has 6 nitrogen and oxygen atoms in total. The summed E-state index contributed by atoms with van der Waals surface area (Å²) in [5.41, 5.74) is 1.88. The van der Waals surface area contributed by atoms with Crippen molar-refractivity contribution in [3.8, 4) is 6.07 Å². The van der Waals surface area contributed by atoms with Gasteiger partial charge in [-0.1, -0.05) is 0 Å². The molecule has 0 bridgehead atoms. The standard InChI is InChI=1S/C12H14N4O2/c1-7-8(2)14-15-12(10(7)5-13)16(6-11(17)18)9-3-4-9/h9H,3-4,6H2,1-2H3,(H,17,18). The molecule has 1 aromatic heterocycles. The number of aliphatic carboxylic acids is 1. The average molecular weight is 246 g/mol. The van der Waals surface area contributed by atoms with E-state index in [-0.39, 0.29) is 12.6 Å². The Kier molecular flexibility index (Phi) is 3.15. The topological polar surface area (TPSA) is 90.1 Å². The number of nitrogens with zero attached hydrogens (tertiary/aromatic N) is 4. The van der Waals surface area contributed by atoms with Crippen LogP contribution in [-0.4, -0.2) is 33.9 Å². The van der Waals surface area contributed by atoms with Gasteiger partial charge in [0.25, 0.3) is 0 Å². The molecule has 18 heavy (non-hydrogen) atoms. The van der Waals surface area contributed by atoms with E-state index in [2.05, 4.69) is 16.3 Å². The van der Waals surface area contributed by atoms with Gasteiger partial charge in [0.2, 0.25) is 0 Å². The second-order valence-corrected chi connectivity index (χ2v) is 4.47. The normalized spacial score (nSPS) is 14.1. The van der Waals surface area contributed by atoms with Gasteiger partial charge in [-0.15, -0.1) is 5.10 Å². The quantitative estimate of drug-likeness (QED) is 0.853. The van der Waals surface area contributed by atoms with Crippen molar-refractivity contribution in [3.05, 3.63) is 16.8 Å². The molecule has 94 valence electrons. The number of hydrogen-bond acceptors (Lipinski definition) is 5. The van der Waals surface area contributed by atoms with Crippen LogP contribution in [0.5, 0.6) is 0 Å². The van der Waals surface area contributed by atoms with E-state index < -0.39 is 5.97 Å². The highest BCUT2D eigenvalue weighted by Crippen LogP contribution is 2.32. The van der Waals surface area contributed by atoms with Crippen LogP contribution in [0.25, 0.3) is 0 Å². The Morgan fingerprint density at radius 2 is 2.17 bits per heavy atom. The number of hydrogen-bond donors (Lipinski definition) is 1. The predicted molar refractivity (Wildman–Crippen MR) is 64.2 cm³/mol. The van der Waals surface area contributed by atoms with Crippen LogP contribution in [0.2, 0.25) is 0 Å². The zero-order valence-corrected chi connectivity index (χ0v) is 10.3. The van der Waals surface area contributed by atoms with Gasteiger partial charge in [-0.3, -0.25) is 4.79 Å². The van der Waals surface area contributed by atoms with E-state index in [1.807, 2.05) is 0 Å². The molecular formula is C12H14N4O2. The predicted octanol–water partition coefficient (Wildman–Crippen LogP) is 1.02. The number of aryl methyl sites for hydroxylation is 1. The molecule has 1 N–H and O–H groups in total. The first-order valence-corrected chi connectivity index (χ1v) is 5.77. The maximum Gasteiger partial charge on any atom is 0.323 e. The minimum atomic E-state index is -0.925. The Morgan fingerprint density at radius 3 is 2.67 bits per heavy atom. The van der Waals surface area contributed by atoms with Crippen molar-refractivity contribution in [2.45, 2.75) is 32.7 Å². The van der Waals surface area contributed by atoms with Gasteiger partial charge in [-0.05, 0) is 32.3 Å². The minimum absolute atomic E-state index is 0.142. The summed E-state index contributed by atoms with van der Waals surface area (Å²) in [4.78, 5) is 12.6. The molecule has 1 aromatic rings. The molecule has 0 saturated heterocycles. The van der Waals surface area contributed by atoms with Crippen LogP contribution in [0.15, 0.2) is 0 Å². The molecule has 1 aliphatic rings. The van der Waals surface area contributed by atoms with Gasteiger partial charge in [0.05, 0.1) is 5.69 Å². The van der Waals surface area contributed by atoms with Crippen molar-refractivity contribution in [1.29, 1.82) is 5.26 Å². The van der Waals surface area contributed by atoms with E-state index in [9.17, 15) is 10.1 Å². The minimum Gasteiger partial charge on any atom is -0.480 e. The summed E-state index contributed by atoms with van der Waals surface area (Å²) in [5, 5.41) is 26.2. The zero-order chi connectivity index (χ0) is 13.3. The van der Waals surface area contributed by atoms with Crippen molar-refractivity contribution in [2.24, 2.45) is 0 Å². The van der Waals surface area contributed by atoms with Crippen LogP contribution in [0.1, 0.15) is 29.7 Å². The Morgan fingerprint density at radius 1 is 1.50 bits per heavy atom. The molecule has 0 amide bonds. The van der Waals surface area contributed by atoms with Gasteiger partial charge in [-0.25, -0.2) is 0 Å². The smallest absolute Gasteiger partial charge is 0.323 e. The first-order valence-electron chi connectivity index (χ1n) is 5.77. The van der Waals surface area contributed by atoms with E-state index in [1.165, 1.54) is 0 Å². The van der Waals surface area contributed by atoms with Gasteiger partial charge < -0.3 is 10.0 Å². The molecule has 6 heteroatoms. The molecule has 1 saturated carbocycles. The highest BCUT2D eigenvalue weighted by molar-refractivity contribution is 5.75. The van der Waals surface area contributed by atoms with Crippen LogP contribution in [0.4, 0.5) is 5.82 Å². The number of rotatable bonds is 4. The molecule has 0 radical (unpaired) electrons. The van der Waals surface area contributed by atoms with Crippen molar-refractivity contribution in [3.63, 3.8) is 0 Å². The van der Waals surface area contributed by atoms with Gasteiger partial charge in [-0.2, -0.15) is 10.4 Å². The Hall–Kier alpha value is -2.16. The van der Waals surface area contributed by atoms with Gasteiger partial charge >= 0.3 is 5.97 Å². The summed E-state index contributed by atoms with van der Waals surface area (Å²) in [7, 11) is 0. The zero-order valence-electron chi connectivity index (χ0n) is 10.3. The fraction of sp³-hybridized carbons (Fsp3) is 0.500. The molecular weight excluding hydrogens is 232 g/mol. The van der Waals surface area contributed by atoms with E-state index in [0.717, 1.165) is 18.4 Å². The third-order valence-electron chi connectivity index (χ3n) is 3.11. The highest BCUT2D eigenvalue weighted by Gasteiger charge is 2.33. The maximum absolute atomic E-state index is 10.9. The van der Waals surface area contributed by atoms with Gasteiger partial charge in [0.1, 0.15) is 18.2 Å². The third-order valence-corrected chi connectivity index (χ3v) is 3.11. The first-order chi connectivity index (χ1) is 8.54. The van der Waals surface area contributed by atoms with Crippen LogP contribution in [-0.2, 0) is 4.79 Å². The number of carboxylic acids is 1. The number of aromatic nitrogens is 2. The van der Waals surface area contributed by atoms with Crippen molar-refractivity contribution >= 4 is 11.8 Å². The SMILES string of the molecule is Cc1nnc(N(CC(=O)O)C2CC2)c(C#N)c1C. The van der Waals surface area contributed by atoms with Crippen molar-refractivity contribution in [1.82, 2.24) is 10.2 Å². The van der Waals surface area contributed by atoms with Crippen molar-refractivity contribution in [2.75, 3.05) is 11.4 Å². The average Bonchev–Trinajstić information content (AvgIpc) is 3.13. The summed E-state index contributed by atoms with van der Waals surface area (Å²) < 4.78 is 0. The Bertz CT molecular complexity index is 532. The van der Waals surface area contributed by atoms with E-state index in [1.54, 1.807) is 18.7 Å². The molecule has 1 fully saturated rings. The van der Waals surface area contributed by atoms with E-state index in [4.69, 9.17) is 5.11 Å². The summed E-state index contributed by atoms with van der Waals surface area (Å²) in [5.74, 6) is -0.531. The summed E-state index contributed by atoms with van der Waals surface area (Å²) in [6, 6.07) is 2.27. The lowest BCUT2D eigenvalue weighted by Crippen LogP contribution is -2.33. The number of nitriles is 1. The number of carbonyl (C=O) groups is 1. The van der Waals surface area contributed by atoms with Gasteiger partial charge in [0.15, 0.2) is 5.82 Å². The lowest BCUT2D eigenvalue weighted by atomic mass is 10.1. The van der Waals surface area contributed by atoms with Gasteiger partial charge in [0, 0.05) is 6.04 Å². The fourth-order valence-corrected chi connectivity index (χ4v) is 1.84. The molecule has 1 aliphatic carbocycles. The third kappa shape index (κ3) is 2.25. The summed E-state index contributed by atoms with van der Waals surface area (Å²) in [6.45, 7) is 3.44. The van der Waals surface area contributed by atoms with Crippen LogP contribution in [0.3, 0.4) is 0 Å². The lowest BCUT2D eigenvalue weighted by molar-refractivity contribution is -0.135. The maximum atomic E-state index is 10.9. The lowest BCUT2D eigenvalue weighted by Gasteiger charge is -2.22. The molecule has 0 atom stereocenters. The van der Waals surface area contributed by atoms with Crippen molar-refractivity contribution < 1.29 is 9.90 Å². The number of carboxylic acid groups (broad SMARTS) is 1. The molecule has 0 aliphatic heterocycles. The highest BCUT2D eigenvalue weighted by atomic mass is 16.4. The molecule has 2 rings (SSSR count). The first kappa shape index (κ1) is 12.3. The van der Waals surface area contributed by atoms with Crippen LogP contribution < -0.4 is 4.90 Å². The molecule has 0 spiro atoms. The number of anilines is 1. The second kappa shape index (κ2) is 4.61. The van der Waals surface area contributed by atoms with E-state index in [0.29, 0.717) is 17.1 Å². The Labute approximate surface area is 105 Å². The monoisotopic (exact) mass is 246 g/mol. The van der Waals surface area contributed by atoms with Crippen LogP contribution >= 0.6 is 0 Å². The molecule has 0 unspecified atom stereocenters. The molecule has 1 heterocycles. The summed E-state index contributed by atoms with van der Waals surface area (Å²) >= 11 is 0. The van der Waals surface area contributed by atoms with Crippen LogP contribution in [0, 0.1) is 25.2 Å². The second-order valence-electron chi connectivity index (χ2n) is 4.47. The largest absolute Gasteiger partial charge is 0.480 e.